The Morgan fingerprint density at radius 2 is 2.29 bits per heavy atom. The molecule has 21 heavy (non-hydrogen) atoms. The number of fused-ring (bicyclic) bond motifs is 1. The average molecular weight is 289 g/mol. The molecule has 3 rings (SSSR count). The summed E-state index contributed by atoms with van der Waals surface area (Å²) in [4.78, 5) is 20.7. The molecule has 112 valence electrons. The van der Waals surface area contributed by atoms with E-state index in [0.717, 1.165) is 24.8 Å². The molecule has 0 saturated heterocycles. The van der Waals surface area contributed by atoms with Crippen molar-refractivity contribution in [2.24, 2.45) is 0 Å². The minimum Gasteiger partial charge on any atom is -0.358 e. The average Bonchev–Trinajstić information content (AvgIpc) is 3.13. The first-order valence-electron chi connectivity index (χ1n) is 7.19. The molecule has 0 spiro atoms. The highest BCUT2D eigenvalue weighted by Gasteiger charge is 2.26. The second-order valence-electron chi connectivity index (χ2n) is 5.21. The van der Waals surface area contributed by atoms with Gasteiger partial charge in [-0.15, -0.1) is 0 Å². The van der Waals surface area contributed by atoms with Gasteiger partial charge < -0.3 is 16.0 Å². The van der Waals surface area contributed by atoms with Gasteiger partial charge in [-0.1, -0.05) is 0 Å². The van der Waals surface area contributed by atoms with Crippen molar-refractivity contribution >= 4 is 28.7 Å². The third-order valence-corrected chi connectivity index (χ3v) is 3.31. The van der Waals surface area contributed by atoms with Crippen LogP contribution in [-0.2, 0) is 4.79 Å². The lowest BCUT2D eigenvalue weighted by atomic mass is 10.3. The highest BCUT2D eigenvalue weighted by atomic mass is 16.2. The Balaban J connectivity index is 1.80. The van der Waals surface area contributed by atoms with Gasteiger partial charge in [0.05, 0.1) is 11.6 Å². The zero-order valence-electron chi connectivity index (χ0n) is 12.1. The zero-order valence-corrected chi connectivity index (χ0v) is 12.1. The van der Waals surface area contributed by atoms with Gasteiger partial charge in [-0.05, 0) is 26.7 Å². The third-order valence-electron chi connectivity index (χ3n) is 3.31. The van der Waals surface area contributed by atoms with Crippen LogP contribution in [0.1, 0.15) is 26.7 Å². The van der Waals surface area contributed by atoms with Crippen molar-refractivity contribution in [2.75, 3.05) is 17.2 Å². The summed E-state index contributed by atoms with van der Waals surface area (Å²) in [5, 5.41) is 16.7. The third kappa shape index (κ3) is 3.04. The Hall–Kier alpha value is -2.38. The highest BCUT2D eigenvalue weighted by molar-refractivity contribution is 5.91. The zero-order chi connectivity index (χ0) is 14.8. The smallest absolute Gasteiger partial charge is 0.242 e. The maximum atomic E-state index is 12.0. The van der Waals surface area contributed by atoms with Crippen LogP contribution in [0.2, 0.25) is 0 Å². The van der Waals surface area contributed by atoms with E-state index in [1.807, 2.05) is 13.8 Å². The monoisotopic (exact) mass is 289 g/mol. The molecule has 1 aliphatic carbocycles. The molecule has 1 amide bonds. The largest absolute Gasteiger partial charge is 0.358 e. The molecule has 1 saturated carbocycles. The summed E-state index contributed by atoms with van der Waals surface area (Å²) in [6.07, 6.45) is 3.80. The summed E-state index contributed by atoms with van der Waals surface area (Å²) in [6, 6.07) is -0.0218. The van der Waals surface area contributed by atoms with Gasteiger partial charge in [0.15, 0.2) is 5.65 Å². The van der Waals surface area contributed by atoms with Crippen LogP contribution in [0.25, 0.3) is 11.0 Å². The molecule has 2 aromatic rings. The summed E-state index contributed by atoms with van der Waals surface area (Å²) in [7, 11) is 0. The molecule has 1 aliphatic rings. The lowest BCUT2D eigenvalue weighted by Gasteiger charge is -2.15. The van der Waals surface area contributed by atoms with E-state index < -0.39 is 0 Å². The molecule has 1 atom stereocenters. The molecule has 8 heteroatoms. The van der Waals surface area contributed by atoms with Crippen molar-refractivity contribution in [3.05, 3.63) is 6.20 Å². The summed E-state index contributed by atoms with van der Waals surface area (Å²) in [5.41, 5.74) is 0.637. The predicted octanol–water partition coefficient (Wildman–Crippen LogP) is 0.864. The van der Waals surface area contributed by atoms with Gasteiger partial charge in [0.25, 0.3) is 0 Å². The Morgan fingerprint density at radius 3 is 3.00 bits per heavy atom. The molecule has 4 N–H and O–H groups in total. The quantitative estimate of drug-likeness (QED) is 0.628. The van der Waals surface area contributed by atoms with Crippen molar-refractivity contribution in [1.29, 1.82) is 0 Å². The summed E-state index contributed by atoms with van der Waals surface area (Å²) < 4.78 is 0. The van der Waals surface area contributed by atoms with Crippen LogP contribution in [0.15, 0.2) is 6.20 Å². The molecule has 1 fully saturated rings. The van der Waals surface area contributed by atoms with Gasteiger partial charge >= 0.3 is 0 Å². The number of hydrogen-bond donors (Lipinski definition) is 4. The predicted molar refractivity (Wildman–Crippen MR) is 80.1 cm³/mol. The molecule has 8 nitrogen and oxygen atoms in total. The maximum Gasteiger partial charge on any atom is 0.242 e. The van der Waals surface area contributed by atoms with Crippen molar-refractivity contribution in [2.45, 2.75) is 38.8 Å². The molecular formula is C13H19N7O. The second kappa shape index (κ2) is 5.55. The minimum atomic E-state index is -0.368. The van der Waals surface area contributed by atoms with E-state index in [9.17, 15) is 4.79 Å². The Kier molecular flexibility index (Phi) is 3.59. The van der Waals surface area contributed by atoms with Gasteiger partial charge in [0.1, 0.15) is 11.9 Å². The van der Waals surface area contributed by atoms with Gasteiger partial charge in [-0.3, -0.25) is 9.89 Å². The fraction of sp³-hybridized carbons (Fsp3) is 0.538. The van der Waals surface area contributed by atoms with E-state index in [4.69, 9.17) is 0 Å². The molecule has 0 aromatic carbocycles. The van der Waals surface area contributed by atoms with Crippen molar-refractivity contribution < 1.29 is 4.79 Å². The van der Waals surface area contributed by atoms with E-state index in [-0.39, 0.29) is 11.9 Å². The van der Waals surface area contributed by atoms with Gasteiger partial charge in [0.2, 0.25) is 11.9 Å². The first kappa shape index (κ1) is 13.6. The lowest BCUT2D eigenvalue weighted by molar-refractivity contribution is -0.121. The Labute approximate surface area is 122 Å². The summed E-state index contributed by atoms with van der Waals surface area (Å²) >= 11 is 0. The van der Waals surface area contributed by atoms with Crippen LogP contribution in [0.3, 0.4) is 0 Å². The van der Waals surface area contributed by atoms with Crippen LogP contribution in [-0.4, -0.2) is 44.7 Å². The standard InChI is InChI=1S/C13H19N7O/c1-3-14-13-18-10(9-6-15-20-11(9)19-13)16-7(2)12(21)17-8-4-5-8/h6-8H,3-5H2,1-2H3,(H,17,21)(H3,14,15,16,18,19,20). The number of amides is 1. The van der Waals surface area contributed by atoms with E-state index in [1.165, 1.54) is 0 Å². The molecule has 1 unspecified atom stereocenters. The van der Waals surface area contributed by atoms with Crippen molar-refractivity contribution in [3.63, 3.8) is 0 Å². The number of carbonyl (C=O) groups excluding carboxylic acids is 1. The minimum absolute atomic E-state index is 0.0160. The first-order chi connectivity index (χ1) is 10.2. The topological polar surface area (TPSA) is 108 Å². The molecule has 0 radical (unpaired) electrons. The van der Waals surface area contributed by atoms with Gasteiger partial charge in [0, 0.05) is 12.6 Å². The number of H-pyrrole nitrogens is 1. The Morgan fingerprint density at radius 1 is 1.48 bits per heavy atom. The first-order valence-corrected chi connectivity index (χ1v) is 7.19. The summed E-state index contributed by atoms with van der Waals surface area (Å²) in [5.74, 6) is 1.09. The number of nitrogens with one attached hydrogen (secondary N) is 4. The van der Waals surface area contributed by atoms with Crippen molar-refractivity contribution in [1.82, 2.24) is 25.5 Å². The number of hydrogen-bond acceptors (Lipinski definition) is 6. The molecule has 0 aliphatic heterocycles. The number of anilines is 2. The fourth-order valence-electron chi connectivity index (χ4n) is 2.01. The van der Waals surface area contributed by atoms with Gasteiger partial charge in [-0.2, -0.15) is 15.1 Å². The number of aromatic nitrogens is 4. The van der Waals surface area contributed by atoms with E-state index in [2.05, 4.69) is 36.1 Å². The molecule has 0 bridgehead atoms. The van der Waals surface area contributed by atoms with Crippen LogP contribution in [0.5, 0.6) is 0 Å². The lowest BCUT2D eigenvalue weighted by Crippen LogP contribution is -2.38. The number of carbonyl (C=O) groups is 1. The van der Waals surface area contributed by atoms with Crippen molar-refractivity contribution in [3.8, 4) is 0 Å². The van der Waals surface area contributed by atoms with Crippen LogP contribution in [0.4, 0.5) is 11.8 Å². The van der Waals surface area contributed by atoms with Crippen LogP contribution in [0, 0.1) is 0 Å². The van der Waals surface area contributed by atoms with Gasteiger partial charge in [-0.25, -0.2) is 0 Å². The molecule has 2 aromatic heterocycles. The maximum absolute atomic E-state index is 12.0. The SMILES string of the molecule is CCNc1nc(NC(C)C(=O)NC2CC2)c2cn[nH]c2n1. The Bertz CT molecular complexity index is 649. The second-order valence-corrected chi connectivity index (χ2v) is 5.21. The van der Waals surface area contributed by atoms with E-state index in [0.29, 0.717) is 23.5 Å². The highest BCUT2D eigenvalue weighted by Crippen LogP contribution is 2.22. The molecular weight excluding hydrogens is 270 g/mol. The van der Waals surface area contributed by atoms with E-state index >= 15 is 0 Å². The normalized spacial score (nSPS) is 15.7. The number of nitrogens with zero attached hydrogens (tertiary/aromatic N) is 3. The molecule has 2 heterocycles. The van der Waals surface area contributed by atoms with Crippen LogP contribution < -0.4 is 16.0 Å². The van der Waals surface area contributed by atoms with E-state index in [1.54, 1.807) is 6.20 Å². The summed E-state index contributed by atoms with van der Waals surface area (Å²) in [6.45, 7) is 4.51. The number of aromatic amines is 1. The fourth-order valence-corrected chi connectivity index (χ4v) is 2.01. The number of rotatable bonds is 6. The van der Waals surface area contributed by atoms with Crippen LogP contribution >= 0.6 is 0 Å².